The lowest BCUT2D eigenvalue weighted by Gasteiger charge is -2.18. The molecule has 1 fully saturated rings. The number of hydrogen-bond acceptors (Lipinski definition) is 2. The van der Waals surface area contributed by atoms with E-state index in [0.717, 1.165) is 12.8 Å². The third-order valence-electron chi connectivity index (χ3n) is 2.35. The Labute approximate surface area is 62.6 Å². The standard InChI is InChI=1S/C8H17NO/c1-9-7-5-3-2-4-6-8(7)10/h7-10H,2-6H2,1H3/t7-,8+/m1/s1. The number of likely N-dealkylation sites (N-methyl/N-ethyl adjacent to an activating group) is 1. The van der Waals surface area contributed by atoms with E-state index in [9.17, 15) is 5.11 Å². The molecule has 0 unspecified atom stereocenters. The zero-order valence-electron chi connectivity index (χ0n) is 6.64. The lowest BCUT2D eigenvalue weighted by atomic mass is 10.1. The van der Waals surface area contributed by atoms with Crippen molar-refractivity contribution in [2.24, 2.45) is 0 Å². The second-order valence-corrected chi connectivity index (χ2v) is 3.10. The van der Waals surface area contributed by atoms with Crippen molar-refractivity contribution in [3.8, 4) is 0 Å². The van der Waals surface area contributed by atoms with Crippen LogP contribution in [0.1, 0.15) is 32.1 Å². The second kappa shape index (κ2) is 3.94. The van der Waals surface area contributed by atoms with E-state index in [1.54, 1.807) is 0 Å². The van der Waals surface area contributed by atoms with Crippen molar-refractivity contribution in [1.29, 1.82) is 0 Å². The Hall–Kier alpha value is -0.0800. The Morgan fingerprint density at radius 2 is 1.90 bits per heavy atom. The summed E-state index contributed by atoms with van der Waals surface area (Å²) < 4.78 is 0. The van der Waals surface area contributed by atoms with Crippen LogP contribution in [0, 0.1) is 0 Å². The van der Waals surface area contributed by atoms with E-state index in [2.05, 4.69) is 5.32 Å². The highest BCUT2D eigenvalue weighted by Gasteiger charge is 2.18. The van der Waals surface area contributed by atoms with Gasteiger partial charge in [0.15, 0.2) is 0 Å². The summed E-state index contributed by atoms with van der Waals surface area (Å²) in [4.78, 5) is 0. The first-order valence-electron chi connectivity index (χ1n) is 4.20. The number of aliphatic hydroxyl groups excluding tert-OH is 1. The van der Waals surface area contributed by atoms with Gasteiger partial charge in [-0.05, 0) is 19.9 Å². The fourth-order valence-electron chi connectivity index (χ4n) is 1.62. The van der Waals surface area contributed by atoms with Crippen LogP contribution in [0.15, 0.2) is 0 Å². The van der Waals surface area contributed by atoms with Crippen molar-refractivity contribution < 1.29 is 5.11 Å². The predicted octanol–water partition coefficient (Wildman–Crippen LogP) is 0.899. The van der Waals surface area contributed by atoms with Gasteiger partial charge in [0.1, 0.15) is 0 Å². The molecule has 1 aliphatic carbocycles. The van der Waals surface area contributed by atoms with Crippen LogP contribution in [0.4, 0.5) is 0 Å². The summed E-state index contributed by atoms with van der Waals surface area (Å²) in [6.07, 6.45) is 5.76. The van der Waals surface area contributed by atoms with Gasteiger partial charge < -0.3 is 10.4 Å². The Balaban J connectivity index is 2.35. The van der Waals surface area contributed by atoms with Crippen LogP contribution in [-0.2, 0) is 0 Å². The highest BCUT2D eigenvalue weighted by molar-refractivity contribution is 4.76. The lowest BCUT2D eigenvalue weighted by Crippen LogP contribution is -2.36. The zero-order chi connectivity index (χ0) is 7.40. The van der Waals surface area contributed by atoms with E-state index in [4.69, 9.17) is 0 Å². The molecule has 60 valence electrons. The first-order chi connectivity index (χ1) is 4.84. The van der Waals surface area contributed by atoms with E-state index >= 15 is 0 Å². The maximum atomic E-state index is 9.49. The summed E-state index contributed by atoms with van der Waals surface area (Å²) in [6, 6.07) is 0.350. The summed E-state index contributed by atoms with van der Waals surface area (Å²) in [5.41, 5.74) is 0. The summed E-state index contributed by atoms with van der Waals surface area (Å²) in [7, 11) is 1.93. The summed E-state index contributed by atoms with van der Waals surface area (Å²) >= 11 is 0. The molecule has 2 heteroatoms. The first kappa shape index (κ1) is 8.02. The molecule has 0 radical (unpaired) electrons. The Morgan fingerprint density at radius 1 is 1.20 bits per heavy atom. The van der Waals surface area contributed by atoms with Crippen molar-refractivity contribution >= 4 is 0 Å². The van der Waals surface area contributed by atoms with Crippen molar-refractivity contribution in [3.05, 3.63) is 0 Å². The minimum Gasteiger partial charge on any atom is -0.392 e. The second-order valence-electron chi connectivity index (χ2n) is 3.10. The molecule has 0 amide bonds. The molecular formula is C8H17NO. The van der Waals surface area contributed by atoms with Gasteiger partial charge in [0.05, 0.1) is 6.10 Å². The smallest absolute Gasteiger partial charge is 0.0693 e. The van der Waals surface area contributed by atoms with Crippen LogP contribution in [0.25, 0.3) is 0 Å². The predicted molar refractivity (Wildman–Crippen MR) is 41.9 cm³/mol. The van der Waals surface area contributed by atoms with Crippen molar-refractivity contribution in [2.45, 2.75) is 44.2 Å². The normalized spacial score (nSPS) is 35.4. The highest BCUT2D eigenvalue weighted by atomic mass is 16.3. The molecule has 10 heavy (non-hydrogen) atoms. The maximum absolute atomic E-state index is 9.49. The molecule has 0 spiro atoms. The van der Waals surface area contributed by atoms with Crippen LogP contribution in [0.2, 0.25) is 0 Å². The van der Waals surface area contributed by atoms with Gasteiger partial charge >= 0.3 is 0 Å². The molecule has 0 aromatic rings. The first-order valence-corrected chi connectivity index (χ1v) is 4.20. The van der Waals surface area contributed by atoms with Gasteiger partial charge in [-0.15, -0.1) is 0 Å². The largest absolute Gasteiger partial charge is 0.392 e. The van der Waals surface area contributed by atoms with E-state index in [1.165, 1.54) is 19.3 Å². The molecule has 0 saturated heterocycles. The van der Waals surface area contributed by atoms with E-state index in [1.807, 2.05) is 7.05 Å². The van der Waals surface area contributed by atoms with Crippen LogP contribution in [0.3, 0.4) is 0 Å². The summed E-state index contributed by atoms with van der Waals surface area (Å²) in [5, 5.41) is 12.6. The quantitative estimate of drug-likeness (QED) is 0.534. The number of aliphatic hydroxyl groups is 1. The average Bonchev–Trinajstić information content (AvgIpc) is 2.13. The minimum absolute atomic E-state index is 0.104. The van der Waals surface area contributed by atoms with Gasteiger partial charge in [0, 0.05) is 6.04 Å². The number of nitrogens with one attached hydrogen (secondary N) is 1. The third kappa shape index (κ3) is 1.96. The summed E-state index contributed by atoms with van der Waals surface area (Å²) in [6.45, 7) is 0. The maximum Gasteiger partial charge on any atom is 0.0693 e. The molecule has 2 N–H and O–H groups in total. The minimum atomic E-state index is -0.104. The molecule has 0 aromatic heterocycles. The van der Waals surface area contributed by atoms with Gasteiger partial charge in [-0.1, -0.05) is 19.3 Å². The highest BCUT2D eigenvalue weighted by Crippen LogP contribution is 2.17. The van der Waals surface area contributed by atoms with Crippen LogP contribution >= 0.6 is 0 Å². The van der Waals surface area contributed by atoms with Gasteiger partial charge in [-0.25, -0.2) is 0 Å². The van der Waals surface area contributed by atoms with E-state index < -0.39 is 0 Å². The van der Waals surface area contributed by atoms with Gasteiger partial charge in [0.25, 0.3) is 0 Å². The SMILES string of the molecule is CN[C@@H]1CCCCC[C@@H]1O. The van der Waals surface area contributed by atoms with Gasteiger partial charge in [-0.3, -0.25) is 0 Å². The topological polar surface area (TPSA) is 32.3 Å². The molecule has 1 aliphatic rings. The number of hydrogen-bond donors (Lipinski definition) is 2. The van der Waals surface area contributed by atoms with E-state index in [0.29, 0.717) is 6.04 Å². The molecule has 1 saturated carbocycles. The Kier molecular flexibility index (Phi) is 3.16. The van der Waals surface area contributed by atoms with Crippen molar-refractivity contribution in [2.75, 3.05) is 7.05 Å². The number of rotatable bonds is 1. The Bertz CT molecular complexity index is 95.3. The molecule has 2 nitrogen and oxygen atoms in total. The molecule has 0 bridgehead atoms. The van der Waals surface area contributed by atoms with E-state index in [-0.39, 0.29) is 6.10 Å². The zero-order valence-corrected chi connectivity index (χ0v) is 6.64. The fourth-order valence-corrected chi connectivity index (χ4v) is 1.62. The van der Waals surface area contributed by atoms with Gasteiger partial charge in [-0.2, -0.15) is 0 Å². The van der Waals surface area contributed by atoms with Crippen LogP contribution in [-0.4, -0.2) is 24.3 Å². The monoisotopic (exact) mass is 143 g/mol. The molecule has 2 atom stereocenters. The average molecular weight is 143 g/mol. The molecule has 0 aliphatic heterocycles. The van der Waals surface area contributed by atoms with Gasteiger partial charge in [0.2, 0.25) is 0 Å². The Morgan fingerprint density at radius 3 is 2.60 bits per heavy atom. The van der Waals surface area contributed by atoms with Crippen molar-refractivity contribution in [3.63, 3.8) is 0 Å². The fraction of sp³-hybridized carbons (Fsp3) is 1.00. The van der Waals surface area contributed by atoms with Crippen molar-refractivity contribution in [1.82, 2.24) is 5.32 Å². The molecular weight excluding hydrogens is 126 g/mol. The molecule has 0 heterocycles. The lowest BCUT2D eigenvalue weighted by molar-refractivity contribution is 0.124. The third-order valence-corrected chi connectivity index (χ3v) is 2.35. The van der Waals surface area contributed by atoms with Crippen LogP contribution in [0.5, 0.6) is 0 Å². The molecule has 1 rings (SSSR count). The molecule has 0 aromatic carbocycles. The summed E-state index contributed by atoms with van der Waals surface area (Å²) in [5.74, 6) is 0. The van der Waals surface area contributed by atoms with Crippen LogP contribution < -0.4 is 5.32 Å².